The molecule has 1 saturated heterocycles. The van der Waals surface area contributed by atoms with Crippen molar-refractivity contribution in [2.45, 2.75) is 51.6 Å². The van der Waals surface area contributed by atoms with Gasteiger partial charge in [-0.3, -0.25) is 0 Å². The quantitative estimate of drug-likeness (QED) is 0.599. The van der Waals surface area contributed by atoms with E-state index in [1.54, 1.807) is 7.11 Å². The van der Waals surface area contributed by atoms with Gasteiger partial charge in [-0.05, 0) is 6.42 Å². The molecule has 3 nitrogen and oxygen atoms in total. The normalized spacial score (nSPS) is 28.2. The summed E-state index contributed by atoms with van der Waals surface area (Å²) in [5.74, 6) is 0. The van der Waals surface area contributed by atoms with Crippen molar-refractivity contribution < 1.29 is 14.2 Å². The highest BCUT2D eigenvalue weighted by Crippen LogP contribution is 2.17. The molecule has 2 atom stereocenters. The minimum absolute atomic E-state index is 0.252. The molecule has 0 aliphatic carbocycles. The summed E-state index contributed by atoms with van der Waals surface area (Å²) in [5.41, 5.74) is 0. The number of methoxy groups -OCH3 is 1. The minimum Gasteiger partial charge on any atom is -0.333 e. The lowest BCUT2D eigenvalue weighted by atomic mass is 10.1. The van der Waals surface area contributed by atoms with E-state index in [1.165, 1.54) is 25.7 Å². The Morgan fingerprint density at radius 1 is 1.31 bits per heavy atom. The Kier molecular flexibility index (Phi) is 5.35. The molecule has 0 unspecified atom stereocenters. The summed E-state index contributed by atoms with van der Waals surface area (Å²) in [6, 6.07) is 0. The van der Waals surface area contributed by atoms with Gasteiger partial charge in [0.15, 0.2) is 0 Å². The van der Waals surface area contributed by atoms with E-state index in [-0.39, 0.29) is 6.10 Å². The number of hydrogen-bond donors (Lipinski definition) is 0. The zero-order valence-electron chi connectivity index (χ0n) is 8.62. The van der Waals surface area contributed by atoms with E-state index in [4.69, 9.17) is 14.2 Å². The van der Waals surface area contributed by atoms with Gasteiger partial charge in [0.2, 0.25) is 0 Å². The molecule has 0 spiro atoms. The summed E-state index contributed by atoms with van der Waals surface area (Å²) in [6.07, 6.45) is 6.48. The van der Waals surface area contributed by atoms with Gasteiger partial charge in [-0.15, -0.1) is 0 Å². The van der Waals surface area contributed by atoms with Crippen molar-refractivity contribution in [1.82, 2.24) is 0 Å². The van der Waals surface area contributed by atoms with Crippen molar-refractivity contribution in [3.63, 3.8) is 0 Å². The highest BCUT2D eigenvalue weighted by Gasteiger charge is 2.24. The monoisotopic (exact) mass is 188 g/mol. The zero-order chi connectivity index (χ0) is 9.52. The molecule has 0 amide bonds. The van der Waals surface area contributed by atoms with Gasteiger partial charge in [0.1, 0.15) is 0 Å². The Hall–Kier alpha value is -0.120. The van der Waals surface area contributed by atoms with Gasteiger partial charge in [0, 0.05) is 7.11 Å². The Morgan fingerprint density at radius 2 is 2.15 bits per heavy atom. The zero-order valence-corrected chi connectivity index (χ0v) is 8.62. The molecule has 1 rings (SSSR count). The van der Waals surface area contributed by atoms with Crippen molar-refractivity contribution in [2.24, 2.45) is 0 Å². The number of hydrogen-bond acceptors (Lipinski definition) is 3. The molecule has 0 aromatic carbocycles. The molecule has 3 heteroatoms. The van der Waals surface area contributed by atoms with E-state index in [0.717, 1.165) is 6.42 Å². The summed E-state index contributed by atoms with van der Waals surface area (Å²) in [6.45, 7) is 2.48. The molecule has 0 aromatic heterocycles. The molecule has 13 heavy (non-hydrogen) atoms. The van der Waals surface area contributed by atoms with Crippen LogP contribution in [0.5, 0.6) is 0 Å². The van der Waals surface area contributed by atoms with Gasteiger partial charge in [-0.2, -0.15) is 0 Å². The van der Waals surface area contributed by atoms with E-state index in [0.29, 0.717) is 6.61 Å². The third-order valence-electron chi connectivity index (χ3n) is 2.29. The van der Waals surface area contributed by atoms with E-state index < -0.39 is 6.48 Å². The van der Waals surface area contributed by atoms with Gasteiger partial charge >= 0.3 is 0 Å². The Balaban J connectivity index is 1.97. The van der Waals surface area contributed by atoms with Gasteiger partial charge in [-0.1, -0.05) is 32.6 Å². The first-order chi connectivity index (χ1) is 6.36. The van der Waals surface area contributed by atoms with Crippen molar-refractivity contribution in [3.8, 4) is 0 Å². The Bertz CT molecular complexity index is 127. The predicted octanol–water partition coefficient (Wildman–Crippen LogP) is 2.30. The van der Waals surface area contributed by atoms with E-state index in [1.807, 2.05) is 0 Å². The van der Waals surface area contributed by atoms with Crippen molar-refractivity contribution in [3.05, 3.63) is 0 Å². The van der Waals surface area contributed by atoms with Crippen LogP contribution >= 0.6 is 0 Å². The van der Waals surface area contributed by atoms with E-state index in [2.05, 4.69) is 6.92 Å². The van der Waals surface area contributed by atoms with Crippen molar-refractivity contribution >= 4 is 0 Å². The second-order valence-corrected chi connectivity index (χ2v) is 3.47. The van der Waals surface area contributed by atoms with Crippen molar-refractivity contribution in [2.75, 3.05) is 13.7 Å². The second-order valence-electron chi connectivity index (χ2n) is 3.47. The molecule has 1 fully saturated rings. The molecule has 0 bridgehead atoms. The summed E-state index contributed by atoms with van der Waals surface area (Å²) >= 11 is 0. The van der Waals surface area contributed by atoms with Gasteiger partial charge in [0.25, 0.3) is 6.48 Å². The summed E-state index contributed by atoms with van der Waals surface area (Å²) in [4.78, 5) is 0. The number of ether oxygens (including phenoxy) is 3. The topological polar surface area (TPSA) is 27.7 Å². The number of rotatable bonds is 6. The van der Waals surface area contributed by atoms with Gasteiger partial charge in [-0.25, -0.2) is 0 Å². The first kappa shape index (κ1) is 11.0. The smallest absolute Gasteiger partial charge is 0.271 e. The molecule has 0 radical (unpaired) electrons. The highest BCUT2D eigenvalue weighted by atomic mass is 16.9. The maximum atomic E-state index is 5.45. The average Bonchev–Trinajstić information content (AvgIpc) is 2.60. The lowest BCUT2D eigenvalue weighted by molar-refractivity contribution is -0.223. The van der Waals surface area contributed by atoms with Crippen LogP contribution in [0.1, 0.15) is 39.0 Å². The van der Waals surface area contributed by atoms with Crippen LogP contribution in [0, 0.1) is 0 Å². The summed E-state index contributed by atoms with van der Waals surface area (Å²) < 4.78 is 15.6. The molecular formula is C10H20O3. The fourth-order valence-corrected chi connectivity index (χ4v) is 1.50. The lowest BCUT2D eigenvalue weighted by Crippen LogP contribution is -2.13. The van der Waals surface area contributed by atoms with Crippen LogP contribution in [-0.4, -0.2) is 26.3 Å². The van der Waals surface area contributed by atoms with Crippen LogP contribution in [0.4, 0.5) is 0 Å². The molecule has 0 aromatic rings. The molecule has 1 heterocycles. The van der Waals surface area contributed by atoms with Crippen LogP contribution in [0.15, 0.2) is 0 Å². The summed E-state index contributed by atoms with van der Waals surface area (Å²) in [5, 5.41) is 0. The summed E-state index contributed by atoms with van der Waals surface area (Å²) in [7, 11) is 1.60. The third-order valence-corrected chi connectivity index (χ3v) is 2.29. The standard InChI is InChI=1S/C10H20O3/c1-3-4-5-6-7-9-8-12-10(11-2)13-9/h9-10H,3-8H2,1-2H3/t9-,10-/m0/s1. The Morgan fingerprint density at radius 3 is 2.77 bits per heavy atom. The third kappa shape index (κ3) is 4.07. The van der Waals surface area contributed by atoms with Crippen LogP contribution < -0.4 is 0 Å². The molecule has 0 saturated carbocycles. The molecule has 1 aliphatic heterocycles. The van der Waals surface area contributed by atoms with Crippen molar-refractivity contribution in [1.29, 1.82) is 0 Å². The van der Waals surface area contributed by atoms with Crippen LogP contribution in [0.25, 0.3) is 0 Å². The SMILES string of the molecule is CCCCCC[C@H]1CO[C@H](OC)O1. The second kappa shape index (κ2) is 6.35. The molecule has 0 N–H and O–H groups in total. The Labute approximate surface area is 80.4 Å². The van der Waals surface area contributed by atoms with Gasteiger partial charge < -0.3 is 14.2 Å². The minimum atomic E-state index is -0.420. The maximum absolute atomic E-state index is 5.45. The predicted molar refractivity (Wildman–Crippen MR) is 50.4 cm³/mol. The van der Waals surface area contributed by atoms with E-state index >= 15 is 0 Å². The fourth-order valence-electron chi connectivity index (χ4n) is 1.50. The fraction of sp³-hybridized carbons (Fsp3) is 1.00. The van der Waals surface area contributed by atoms with Crippen LogP contribution in [-0.2, 0) is 14.2 Å². The van der Waals surface area contributed by atoms with Crippen LogP contribution in [0.2, 0.25) is 0 Å². The number of unbranched alkanes of at least 4 members (excludes halogenated alkanes) is 3. The first-order valence-electron chi connectivity index (χ1n) is 5.16. The first-order valence-corrected chi connectivity index (χ1v) is 5.16. The van der Waals surface area contributed by atoms with Crippen LogP contribution in [0.3, 0.4) is 0 Å². The molecular weight excluding hydrogens is 168 g/mol. The van der Waals surface area contributed by atoms with Gasteiger partial charge in [0.05, 0.1) is 12.7 Å². The van der Waals surface area contributed by atoms with E-state index in [9.17, 15) is 0 Å². The largest absolute Gasteiger partial charge is 0.333 e. The highest BCUT2D eigenvalue weighted by molar-refractivity contribution is 4.61. The molecule has 78 valence electrons. The maximum Gasteiger partial charge on any atom is 0.271 e. The lowest BCUT2D eigenvalue weighted by Gasteiger charge is -2.08. The average molecular weight is 188 g/mol. The molecule has 1 aliphatic rings.